The maximum Gasteiger partial charge on any atom is 0.426 e. The average molecular weight is 449 g/mol. The molecule has 1 amide bonds. The Balaban J connectivity index is 1.72. The van der Waals surface area contributed by atoms with Crippen LogP contribution in [0, 0.1) is 28.6 Å². The first-order valence-electron chi connectivity index (χ1n) is 9.51. The minimum Gasteiger partial charge on any atom is -0.457 e. The smallest absolute Gasteiger partial charge is 0.426 e. The zero-order valence-electron chi connectivity index (χ0n) is 16.8. The number of benzene rings is 2. The summed E-state index contributed by atoms with van der Waals surface area (Å²) in [5.74, 6) is -0.786. The summed E-state index contributed by atoms with van der Waals surface area (Å²) in [5.41, 5.74) is -0.198. The molecule has 31 heavy (non-hydrogen) atoms. The summed E-state index contributed by atoms with van der Waals surface area (Å²) in [6.45, 7) is 3.38. The van der Waals surface area contributed by atoms with Crippen LogP contribution < -0.4 is 10.1 Å². The van der Waals surface area contributed by atoms with Crippen molar-refractivity contribution in [2.24, 2.45) is 17.3 Å². The molecule has 0 saturated heterocycles. The average Bonchev–Trinajstić information content (AvgIpc) is 3.26. The van der Waals surface area contributed by atoms with Crippen LogP contribution in [0.25, 0.3) is 0 Å². The largest absolute Gasteiger partial charge is 0.457 e. The van der Waals surface area contributed by atoms with Crippen LogP contribution in [0.3, 0.4) is 0 Å². The molecule has 1 N–H and O–H groups in total. The van der Waals surface area contributed by atoms with Gasteiger partial charge >= 0.3 is 6.18 Å². The lowest BCUT2D eigenvalue weighted by molar-refractivity contribution is -0.123. The number of amides is 1. The van der Waals surface area contributed by atoms with E-state index in [1.54, 1.807) is 50.2 Å². The number of halogens is 4. The Labute approximate surface area is 183 Å². The highest BCUT2D eigenvalue weighted by atomic mass is 35.5. The van der Waals surface area contributed by atoms with Crippen molar-refractivity contribution < 1.29 is 22.7 Å². The number of hydrogen-bond donors (Lipinski definition) is 1. The van der Waals surface area contributed by atoms with E-state index in [2.05, 4.69) is 5.32 Å². The predicted octanol–water partition coefficient (Wildman–Crippen LogP) is 6.12. The van der Waals surface area contributed by atoms with Gasteiger partial charge in [-0.3, -0.25) is 4.79 Å². The summed E-state index contributed by atoms with van der Waals surface area (Å²) in [6, 6.07) is 16.8. The molecule has 162 valence electrons. The van der Waals surface area contributed by atoms with Crippen LogP contribution in [0.2, 0.25) is 0 Å². The first-order valence-corrected chi connectivity index (χ1v) is 9.89. The Bertz CT molecular complexity index is 1030. The molecule has 2 aromatic rings. The van der Waals surface area contributed by atoms with Gasteiger partial charge in [0.2, 0.25) is 5.91 Å². The number of alkyl halides is 3. The summed E-state index contributed by atoms with van der Waals surface area (Å²) in [7, 11) is 0. The first kappa shape index (κ1) is 22.7. The molecule has 1 aliphatic rings. The number of nitriles is 1. The quantitative estimate of drug-likeness (QED) is 0.579. The van der Waals surface area contributed by atoms with E-state index in [9.17, 15) is 23.2 Å². The van der Waals surface area contributed by atoms with E-state index in [0.29, 0.717) is 17.1 Å². The van der Waals surface area contributed by atoms with E-state index in [1.807, 2.05) is 24.3 Å². The van der Waals surface area contributed by atoms with E-state index < -0.39 is 40.4 Å². The number of allylic oxidation sites excluding steroid dienone is 2. The van der Waals surface area contributed by atoms with Gasteiger partial charge < -0.3 is 10.1 Å². The van der Waals surface area contributed by atoms with Gasteiger partial charge in [0.1, 0.15) is 22.6 Å². The molecule has 0 aliphatic heterocycles. The molecule has 1 fully saturated rings. The number of nitrogens with one attached hydrogen (secondary N) is 1. The fraction of sp³-hybridized carbons (Fsp3) is 0.304. The third kappa shape index (κ3) is 5.20. The lowest BCUT2D eigenvalue weighted by atomic mass is 10.1. The Hall–Kier alpha value is -2.98. The molecular formula is C23H20ClF3N2O2. The molecule has 1 saturated carbocycles. The molecule has 1 aliphatic carbocycles. The van der Waals surface area contributed by atoms with Gasteiger partial charge in [-0.25, -0.2) is 0 Å². The number of hydrogen-bond acceptors (Lipinski definition) is 3. The predicted molar refractivity (Wildman–Crippen MR) is 110 cm³/mol. The van der Waals surface area contributed by atoms with Gasteiger partial charge in [-0.1, -0.05) is 61.9 Å². The Kier molecular flexibility index (Phi) is 6.33. The number of carbonyl (C=O) groups excluding carboxylic acids is 1. The lowest BCUT2D eigenvalue weighted by Gasteiger charge is -2.14. The normalized spacial score (nSPS) is 21.0. The lowest BCUT2D eigenvalue weighted by Crippen LogP contribution is -2.30. The van der Waals surface area contributed by atoms with Crippen molar-refractivity contribution in [1.82, 2.24) is 5.32 Å². The van der Waals surface area contributed by atoms with Crippen molar-refractivity contribution in [3.8, 4) is 17.6 Å². The second-order valence-corrected chi connectivity index (χ2v) is 8.30. The van der Waals surface area contributed by atoms with Crippen LogP contribution in [0.1, 0.15) is 25.5 Å². The molecule has 8 heteroatoms. The zero-order chi connectivity index (χ0) is 22.8. The van der Waals surface area contributed by atoms with Crippen LogP contribution >= 0.6 is 11.6 Å². The maximum absolute atomic E-state index is 12.7. The minimum atomic E-state index is -4.66. The summed E-state index contributed by atoms with van der Waals surface area (Å²) in [6.07, 6.45) is -3.78. The van der Waals surface area contributed by atoms with E-state index in [-0.39, 0.29) is 0 Å². The number of rotatable bonds is 6. The molecule has 0 radical (unpaired) electrons. The summed E-state index contributed by atoms with van der Waals surface area (Å²) in [5, 5.41) is 10.9. The van der Waals surface area contributed by atoms with E-state index in [1.165, 1.54) is 0 Å². The van der Waals surface area contributed by atoms with Crippen LogP contribution in [0.5, 0.6) is 11.5 Å². The molecule has 0 heterocycles. The van der Waals surface area contributed by atoms with Gasteiger partial charge in [0.15, 0.2) is 0 Å². The number of ether oxygens (including phenoxy) is 1. The molecule has 4 nitrogen and oxygen atoms in total. The summed E-state index contributed by atoms with van der Waals surface area (Å²) >= 11 is 5.34. The maximum atomic E-state index is 12.7. The summed E-state index contributed by atoms with van der Waals surface area (Å²) in [4.78, 5) is 12.7. The number of nitrogens with zero attached hydrogens (tertiary/aromatic N) is 1. The van der Waals surface area contributed by atoms with Crippen molar-refractivity contribution in [3.05, 3.63) is 71.3 Å². The standard InChI is InChI=1S/C23H20ClF3N2O2/c1-22(2)17(12-19(24)23(25,26)27)20(22)21(30)29-18(13-28)14-7-6-10-16(11-14)31-15-8-4-3-5-9-15/h3-12,17-18,20H,1-2H3,(H,29,30). The molecular weight excluding hydrogens is 429 g/mol. The Morgan fingerprint density at radius 1 is 1.19 bits per heavy atom. The third-order valence-electron chi connectivity index (χ3n) is 5.38. The molecule has 3 atom stereocenters. The molecule has 0 aromatic heterocycles. The van der Waals surface area contributed by atoms with Crippen molar-refractivity contribution in [1.29, 1.82) is 5.26 Å². The highest BCUT2D eigenvalue weighted by molar-refractivity contribution is 6.30. The van der Waals surface area contributed by atoms with Gasteiger partial charge in [0.25, 0.3) is 0 Å². The van der Waals surface area contributed by atoms with E-state index >= 15 is 0 Å². The van der Waals surface area contributed by atoms with Gasteiger partial charge in [0, 0.05) is 0 Å². The highest BCUT2D eigenvalue weighted by Gasteiger charge is 2.61. The summed E-state index contributed by atoms with van der Waals surface area (Å²) < 4.78 is 44.0. The van der Waals surface area contributed by atoms with Crippen molar-refractivity contribution in [3.63, 3.8) is 0 Å². The first-order chi connectivity index (χ1) is 14.5. The van der Waals surface area contributed by atoms with Gasteiger partial charge in [-0.15, -0.1) is 0 Å². The highest BCUT2D eigenvalue weighted by Crippen LogP contribution is 2.60. The van der Waals surface area contributed by atoms with Crippen molar-refractivity contribution in [2.45, 2.75) is 26.1 Å². The fourth-order valence-electron chi connectivity index (χ4n) is 3.55. The van der Waals surface area contributed by atoms with Crippen LogP contribution in [0.4, 0.5) is 13.2 Å². The number of carbonyl (C=O) groups is 1. The molecule has 3 unspecified atom stereocenters. The van der Waals surface area contributed by atoms with E-state index in [0.717, 1.165) is 6.08 Å². The molecule has 0 spiro atoms. The topological polar surface area (TPSA) is 62.1 Å². The Morgan fingerprint density at radius 3 is 2.45 bits per heavy atom. The SMILES string of the molecule is CC1(C)C(C=C(Cl)C(F)(F)F)C1C(=O)NC(C#N)c1cccc(Oc2ccccc2)c1. The Morgan fingerprint density at radius 2 is 1.84 bits per heavy atom. The van der Waals surface area contributed by atoms with Crippen LogP contribution in [-0.4, -0.2) is 12.1 Å². The van der Waals surface area contributed by atoms with E-state index in [4.69, 9.17) is 16.3 Å². The third-order valence-corrected chi connectivity index (χ3v) is 5.72. The molecule has 0 bridgehead atoms. The zero-order valence-corrected chi connectivity index (χ0v) is 17.5. The second-order valence-electron chi connectivity index (χ2n) is 7.90. The molecule has 2 aromatic carbocycles. The molecule has 3 rings (SSSR count). The van der Waals surface area contributed by atoms with Crippen molar-refractivity contribution >= 4 is 17.5 Å². The van der Waals surface area contributed by atoms with Crippen molar-refractivity contribution in [2.75, 3.05) is 0 Å². The minimum absolute atomic E-state index is 0.489. The monoisotopic (exact) mass is 448 g/mol. The number of para-hydroxylation sites is 1. The van der Waals surface area contributed by atoms with Gasteiger partial charge in [-0.05, 0) is 41.2 Å². The second kappa shape index (κ2) is 8.64. The van der Waals surface area contributed by atoms with Crippen LogP contribution in [-0.2, 0) is 4.79 Å². The van der Waals surface area contributed by atoms with Crippen LogP contribution in [0.15, 0.2) is 65.7 Å². The van der Waals surface area contributed by atoms with Gasteiger partial charge in [-0.2, -0.15) is 18.4 Å². The van der Waals surface area contributed by atoms with Gasteiger partial charge in [0.05, 0.1) is 12.0 Å². The fourth-order valence-corrected chi connectivity index (χ4v) is 3.68.